The SMILES string of the molecule is COC1CN(c2nc(C(=O)O)c(C)s2)CC1OC. The number of thiazole rings is 1. The van der Waals surface area contributed by atoms with Crippen molar-refractivity contribution in [3.8, 4) is 0 Å². The molecule has 0 bridgehead atoms. The quantitative estimate of drug-likeness (QED) is 0.881. The number of hydrogen-bond donors (Lipinski definition) is 1. The molecule has 2 heterocycles. The molecule has 1 N–H and O–H groups in total. The molecule has 2 atom stereocenters. The lowest BCUT2D eigenvalue weighted by Gasteiger charge is -2.13. The molecule has 0 radical (unpaired) electrons. The number of aryl methyl sites for hydroxylation is 1. The molecule has 1 aliphatic rings. The van der Waals surface area contributed by atoms with Gasteiger partial charge in [0.25, 0.3) is 0 Å². The lowest BCUT2D eigenvalue weighted by molar-refractivity contribution is -0.00461. The van der Waals surface area contributed by atoms with E-state index in [-0.39, 0.29) is 17.9 Å². The first-order chi connectivity index (χ1) is 8.56. The van der Waals surface area contributed by atoms with E-state index in [0.717, 1.165) is 0 Å². The molecule has 18 heavy (non-hydrogen) atoms. The van der Waals surface area contributed by atoms with Crippen LogP contribution in [-0.4, -0.2) is 55.6 Å². The van der Waals surface area contributed by atoms with Crippen molar-refractivity contribution in [3.63, 3.8) is 0 Å². The predicted octanol–water partition coefficient (Wildman–Crippen LogP) is 1.000. The van der Waals surface area contributed by atoms with Gasteiger partial charge in [-0.1, -0.05) is 0 Å². The third-order valence-electron chi connectivity index (χ3n) is 3.08. The topological polar surface area (TPSA) is 71.9 Å². The van der Waals surface area contributed by atoms with Crippen LogP contribution in [0, 0.1) is 6.92 Å². The van der Waals surface area contributed by atoms with E-state index in [4.69, 9.17) is 14.6 Å². The lowest BCUT2D eigenvalue weighted by Crippen LogP contribution is -2.27. The maximum absolute atomic E-state index is 11.0. The van der Waals surface area contributed by atoms with Crippen LogP contribution < -0.4 is 4.90 Å². The number of carboxylic acids is 1. The zero-order chi connectivity index (χ0) is 13.3. The van der Waals surface area contributed by atoms with E-state index in [1.807, 2.05) is 4.90 Å². The fourth-order valence-corrected chi connectivity index (χ4v) is 2.99. The largest absolute Gasteiger partial charge is 0.476 e. The van der Waals surface area contributed by atoms with Crippen LogP contribution >= 0.6 is 11.3 Å². The van der Waals surface area contributed by atoms with Crippen LogP contribution in [0.2, 0.25) is 0 Å². The van der Waals surface area contributed by atoms with Gasteiger partial charge < -0.3 is 19.5 Å². The molecular weight excluding hydrogens is 256 g/mol. The maximum Gasteiger partial charge on any atom is 0.355 e. The number of rotatable bonds is 4. The van der Waals surface area contributed by atoms with Gasteiger partial charge in [0, 0.05) is 32.2 Å². The number of carboxylic acid groups (broad SMARTS) is 1. The Kier molecular flexibility index (Phi) is 3.84. The van der Waals surface area contributed by atoms with Gasteiger partial charge >= 0.3 is 5.97 Å². The van der Waals surface area contributed by atoms with Crippen LogP contribution in [0.4, 0.5) is 5.13 Å². The number of hydrogen-bond acceptors (Lipinski definition) is 6. The molecular formula is C11H16N2O4S. The summed E-state index contributed by atoms with van der Waals surface area (Å²) in [6.07, 6.45) is -0.0139. The Bertz CT molecular complexity index is 436. The molecule has 1 fully saturated rings. The second-order valence-corrected chi connectivity index (χ2v) is 5.34. The first-order valence-corrected chi connectivity index (χ1v) is 6.39. The summed E-state index contributed by atoms with van der Waals surface area (Å²) in [5.41, 5.74) is 0.129. The van der Waals surface area contributed by atoms with E-state index in [1.54, 1.807) is 21.1 Å². The summed E-state index contributed by atoms with van der Waals surface area (Å²) in [7, 11) is 3.30. The Morgan fingerprint density at radius 2 is 1.94 bits per heavy atom. The summed E-state index contributed by atoms with van der Waals surface area (Å²) >= 11 is 1.39. The standard InChI is InChI=1S/C11H16N2O4S/c1-6-9(10(14)15)12-11(18-6)13-4-7(16-2)8(5-13)17-3/h7-8H,4-5H2,1-3H3,(H,14,15). The number of aromatic carboxylic acids is 1. The normalized spacial score (nSPS) is 23.6. The third-order valence-corrected chi connectivity index (χ3v) is 4.11. The van der Waals surface area contributed by atoms with Crippen molar-refractivity contribution in [1.82, 2.24) is 4.98 Å². The smallest absolute Gasteiger partial charge is 0.355 e. The summed E-state index contributed by atoms with van der Waals surface area (Å²) in [6.45, 7) is 3.10. The minimum atomic E-state index is -0.985. The van der Waals surface area contributed by atoms with Crippen LogP contribution in [0.5, 0.6) is 0 Å². The van der Waals surface area contributed by atoms with Crippen molar-refractivity contribution in [3.05, 3.63) is 10.6 Å². The summed E-state index contributed by atoms with van der Waals surface area (Å²) in [6, 6.07) is 0. The Morgan fingerprint density at radius 1 is 1.39 bits per heavy atom. The molecule has 100 valence electrons. The van der Waals surface area contributed by atoms with Gasteiger partial charge in [-0.15, -0.1) is 11.3 Å². The van der Waals surface area contributed by atoms with Crippen molar-refractivity contribution in [2.45, 2.75) is 19.1 Å². The Morgan fingerprint density at radius 3 is 2.33 bits per heavy atom. The summed E-state index contributed by atoms with van der Waals surface area (Å²) in [4.78, 5) is 17.9. The zero-order valence-corrected chi connectivity index (χ0v) is 11.4. The lowest BCUT2D eigenvalue weighted by atomic mass is 10.3. The van der Waals surface area contributed by atoms with Gasteiger partial charge in [0.05, 0.1) is 0 Å². The van der Waals surface area contributed by atoms with Crippen LogP contribution in [-0.2, 0) is 9.47 Å². The third kappa shape index (κ3) is 2.33. The molecule has 1 aromatic heterocycles. The van der Waals surface area contributed by atoms with Crippen LogP contribution in [0.15, 0.2) is 0 Å². The molecule has 7 heteroatoms. The average molecular weight is 272 g/mol. The summed E-state index contributed by atoms with van der Waals surface area (Å²) < 4.78 is 10.7. The monoisotopic (exact) mass is 272 g/mol. The summed E-state index contributed by atoms with van der Waals surface area (Å²) in [5, 5.41) is 9.71. The van der Waals surface area contributed by atoms with Crippen molar-refractivity contribution in [2.24, 2.45) is 0 Å². The maximum atomic E-state index is 11.0. The highest BCUT2D eigenvalue weighted by atomic mass is 32.1. The number of ether oxygens (including phenoxy) is 2. The highest BCUT2D eigenvalue weighted by molar-refractivity contribution is 7.15. The molecule has 2 unspecified atom stereocenters. The van der Waals surface area contributed by atoms with Crippen molar-refractivity contribution in [2.75, 3.05) is 32.2 Å². The first kappa shape index (κ1) is 13.3. The van der Waals surface area contributed by atoms with Gasteiger partial charge in [-0.2, -0.15) is 0 Å². The molecule has 6 nitrogen and oxygen atoms in total. The van der Waals surface area contributed by atoms with E-state index >= 15 is 0 Å². The predicted molar refractivity (Wildman–Crippen MR) is 67.6 cm³/mol. The molecule has 0 aliphatic carbocycles. The van der Waals surface area contributed by atoms with Crippen molar-refractivity contribution < 1.29 is 19.4 Å². The van der Waals surface area contributed by atoms with E-state index in [2.05, 4.69) is 4.98 Å². The zero-order valence-electron chi connectivity index (χ0n) is 10.5. The van der Waals surface area contributed by atoms with Crippen molar-refractivity contribution in [1.29, 1.82) is 0 Å². The molecule has 0 amide bonds. The van der Waals surface area contributed by atoms with E-state index in [9.17, 15) is 4.79 Å². The van der Waals surface area contributed by atoms with Gasteiger partial charge in [-0.05, 0) is 6.92 Å². The van der Waals surface area contributed by atoms with E-state index in [0.29, 0.717) is 23.1 Å². The van der Waals surface area contributed by atoms with Crippen LogP contribution in [0.3, 0.4) is 0 Å². The van der Waals surface area contributed by atoms with Crippen molar-refractivity contribution >= 4 is 22.4 Å². The fraction of sp³-hybridized carbons (Fsp3) is 0.636. The number of aromatic nitrogens is 1. The molecule has 1 saturated heterocycles. The van der Waals surface area contributed by atoms with E-state index in [1.165, 1.54) is 11.3 Å². The summed E-state index contributed by atoms with van der Waals surface area (Å²) in [5.74, 6) is -0.985. The number of nitrogens with zero attached hydrogens (tertiary/aromatic N) is 2. The Balaban J connectivity index is 2.18. The van der Waals surface area contributed by atoms with Crippen LogP contribution in [0.1, 0.15) is 15.4 Å². The number of methoxy groups -OCH3 is 2. The molecule has 2 rings (SSSR count). The molecule has 0 saturated carbocycles. The Hall–Kier alpha value is -1.18. The van der Waals surface area contributed by atoms with Gasteiger partial charge in [-0.25, -0.2) is 9.78 Å². The number of anilines is 1. The van der Waals surface area contributed by atoms with Gasteiger partial charge in [0.15, 0.2) is 10.8 Å². The highest BCUT2D eigenvalue weighted by Gasteiger charge is 2.34. The van der Waals surface area contributed by atoms with Gasteiger partial charge in [0.1, 0.15) is 12.2 Å². The minimum Gasteiger partial charge on any atom is -0.476 e. The average Bonchev–Trinajstić information content (AvgIpc) is 2.91. The fourth-order valence-electron chi connectivity index (χ4n) is 2.07. The van der Waals surface area contributed by atoms with Crippen LogP contribution in [0.25, 0.3) is 0 Å². The highest BCUT2D eigenvalue weighted by Crippen LogP contribution is 2.29. The van der Waals surface area contributed by atoms with Gasteiger partial charge in [-0.3, -0.25) is 0 Å². The minimum absolute atomic E-state index is 0.00696. The number of carbonyl (C=O) groups is 1. The molecule has 0 aromatic carbocycles. The first-order valence-electron chi connectivity index (χ1n) is 5.58. The molecule has 1 aromatic rings. The Labute approximate surface area is 109 Å². The second kappa shape index (κ2) is 5.21. The molecule has 1 aliphatic heterocycles. The second-order valence-electron chi connectivity index (χ2n) is 4.16. The van der Waals surface area contributed by atoms with Gasteiger partial charge in [0.2, 0.25) is 0 Å². The molecule has 0 spiro atoms. The van der Waals surface area contributed by atoms with E-state index < -0.39 is 5.97 Å².